The maximum Gasteiger partial charge on any atom is 0.225 e. The molecule has 0 saturated heterocycles. The lowest BCUT2D eigenvalue weighted by Crippen LogP contribution is -2.12. The molecule has 0 aliphatic rings. The molecular weight excluding hydrogens is 341 g/mol. The van der Waals surface area contributed by atoms with Crippen molar-refractivity contribution in [1.82, 2.24) is 20.2 Å². The van der Waals surface area contributed by atoms with Crippen LogP contribution in [-0.2, 0) is 4.79 Å². The lowest BCUT2D eigenvalue weighted by Gasteiger charge is -2.09. The lowest BCUT2D eigenvalue weighted by molar-refractivity contribution is -0.115. The second kappa shape index (κ2) is 7.89. The van der Waals surface area contributed by atoms with Crippen molar-refractivity contribution in [3.8, 4) is 5.69 Å². The molecular formula is C17H16FN5OS. The van der Waals surface area contributed by atoms with Gasteiger partial charge in [0.05, 0.1) is 5.69 Å². The van der Waals surface area contributed by atoms with Gasteiger partial charge in [-0.05, 0) is 53.2 Å². The van der Waals surface area contributed by atoms with Crippen LogP contribution in [0, 0.1) is 12.7 Å². The van der Waals surface area contributed by atoms with E-state index in [9.17, 15) is 9.18 Å². The number of anilines is 1. The molecule has 128 valence electrons. The Hall–Kier alpha value is -2.74. The number of carbonyl (C=O) groups is 1. The zero-order valence-corrected chi connectivity index (χ0v) is 14.3. The van der Waals surface area contributed by atoms with Crippen molar-refractivity contribution in [3.63, 3.8) is 0 Å². The van der Waals surface area contributed by atoms with E-state index in [-0.39, 0.29) is 11.7 Å². The topological polar surface area (TPSA) is 72.7 Å². The summed E-state index contributed by atoms with van der Waals surface area (Å²) in [5.74, 6) is 0.134. The molecule has 25 heavy (non-hydrogen) atoms. The van der Waals surface area contributed by atoms with Gasteiger partial charge in [0.15, 0.2) is 0 Å². The van der Waals surface area contributed by atoms with Gasteiger partial charge in [0.2, 0.25) is 5.91 Å². The first kappa shape index (κ1) is 17.1. The first-order chi connectivity index (χ1) is 12.1. The van der Waals surface area contributed by atoms with E-state index in [4.69, 9.17) is 0 Å². The quantitative estimate of drug-likeness (QED) is 0.686. The van der Waals surface area contributed by atoms with E-state index in [2.05, 4.69) is 20.8 Å². The van der Waals surface area contributed by atoms with Crippen LogP contribution in [0.2, 0.25) is 0 Å². The average Bonchev–Trinajstić information content (AvgIpc) is 3.11. The number of aromatic nitrogens is 4. The molecule has 1 aromatic heterocycles. The van der Waals surface area contributed by atoms with Gasteiger partial charge in [0.25, 0.3) is 0 Å². The molecule has 8 heteroatoms. The first-order valence-corrected chi connectivity index (χ1v) is 8.63. The van der Waals surface area contributed by atoms with Crippen molar-refractivity contribution in [1.29, 1.82) is 0 Å². The Morgan fingerprint density at radius 2 is 2.12 bits per heavy atom. The second-order valence-corrected chi connectivity index (χ2v) is 6.47. The van der Waals surface area contributed by atoms with Crippen molar-refractivity contribution in [2.45, 2.75) is 18.2 Å². The van der Waals surface area contributed by atoms with Crippen LogP contribution >= 0.6 is 11.8 Å². The van der Waals surface area contributed by atoms with Crippen molar-refractivity contribution >= 4 is 23.4 Å². The number of hydrogen-bond acceptors (Lipinski definition) is 5. The molecule has 0 atom stereocenters. The summed E-state index contributed by atoms with van der Waals surface area (Å²) in [4.78, 5) is 12.6. The highest BCUT2D eigenvalue weighted by Gasteiger charge is 2.08. The van der Waals surface area contributed by atoms with Crippen molar-refractivity contribution in [2.24, 2.45) is 0 Å². The highest BCUT2D eigenvalue weighted by Crippen LogP contribution is 2.22. The van der Waals surface area contributed by atoms with Gasteiger partial charge in [-0.1, -0.05) is 12.1 Å². The molecule has 1 amide bonds. The molecule has 0 bridgehead atoms. The molecule has 0 saturated carbocycles. The van der Waals surface area contributed by atoms with Crippen LogP contribution in [0.15, 0.2) is 53.7 Å². The van der Waals surface area contributed by atoms with E-state index in [0.717, 1.165) is 11.3 Å². The Balaban J connectivity index is 1.54. The molecule has 0 aliphatic carbocycles. The normalized spacial score (nSPS) is 10.6. The van der Waals surface area contributed by atoms with Crippen LogP contribution in [-0.4, -0.2) is 31.9 Å². The monoisotopic (exact) mass is 357 g/mol. The standard InChI is InChI=1S/C17H16FN5OS/c1-12-10-13(6-7-15(12)23-11-19-21-22-23)20-17(24)8-9-25-16-5-3-2-4-14(16)18/h2-7,10-11H,8-9H2,1H3,(H,20,24). The van der Waals surface area contributed by atoms with E-state index in [1.165, 1.54) is 24.2 Å². The molecule has 0 spiro atoms. The van der Waals surface area contributed by atoms with Crippen LogP contribution in [0.1, 0.15) is 12.0 Å². The van der Waals surface area contributed by atoms with Gasteiger partial charge < -0.3 is 5.32 Å². The number of aryl methyl sites for hydroxylation is 1. The van der Waals surface area contributed by atoms with Gasteiger partial charge in [-0.15, -0.1) is 16.9 Å². The summed E-state index contributed by atoms with van der Waals surface area (Å²) in [5.41, 5.74) is 2.49. The predicted molar refractivity (Wildman–Crippen MR) is 94.3 cm³/mol. The van der Waals surface area contributed by atoms with Crippen molar-refractivity contribution in [3.05, 3.63) is 60.2 Å². The van der Waals surface area contributed by atoms with Gasteiger partial charge in [-0.25, -0.2) is 9.07 Å². The summed E-state index contributed by atoms with van der Waals surface area (Å²) in [5, 5.41) is 13.9. The maximum absolute atomic E-state index is 13.5. The summed E-state index contributed by atoms with van der Waals surface area (Å²) in [6.07, 6.45) is 1.81. The van der Waals surface area contributed by atoms with Gasteiger partial charge >= 0.3 is 0 Å². The molecule has 0 aliphatic heterocycles. The van der Waals surface area contributed by atoms with Crippen LogP contribution < -0.4 is 5.32 Å². The van der Waals surface area contributed by atoms with E-state index in [1.54, 1.807) is 28.9 Å². The zero-order valence-electron chi connectivity index (χ0n) is 13.5. The number of rotatable bonds is 6. The molecule has 6 nitrogen and oxygen atoms in total. The van der Waals surface area contributed by atoms with Crippen LogP contribution in [0.3, 0.4) is 0 Å². The molecule has 0 radical (unpaired) electrons. The Kier molecular flexibility index (Phi) is 5.39. The average molecular weight is 357 g/mol. The number of halogens is 1. The number of thioether (sulfide) groups is 1. The van der Waals surface area contributed by atoms with Gasteiger partial charge in [-0.2, -0.15) is 0 Å². The number of tetrazole rings is 1. The summed E-state index contributed by atoms with van der Waals surface area (Å²) < 4.78 is 15.1. The number of nitrogens with one attached hydrogen (secondary N) is 1. The van der Waals surface area contributed by atoms with E-state index < -0.39 is 0 Å². The number of hydrogen-bond donors (Lipinski definition) is 1. The maximum atomic E-state index is 13.5. The van der Waals surface area contributed by atoms with Crippen molar-refractivity contribution < 1.29 is 9.18 Å². The van der Waals surface area contributed by atoms with E-state index >= 15 is 0 Å². The van der Waals surface area contributed by atoms with E-state index in [1.807, 2.05) is 19.1 Å². The third-order valence-electron chi connectivity index (χ3n) is 3.50. The fourth-order valence-electron chi connectivity index (χ4n) is 2.30. The highest BCUT2D eigenvalue weighted by atomic mass is 32.2. The number of amides is 1. The lowest BCUT2D eigenvalue weighted by atomic mass is 10.2. The Morgan fingerprint density at radius 3 is 2.84 bits per heavy atom. The molecule has 2 aromatic carbocycles. The van der Waals surface area contributed by atoms with Gasteiger partial charge in [0, 0.05) is 22.8 Å². The number of nitrogens with zero attached hydrogens (tertiary/aromatic N) is 4. The van der Waals surface area contributed by atoms with Crippen molar-refractivity contribution in [2.75, 3.05) is 11.1 Å². The Labute approximate surface area is 148 Å². The smallest absolute Gasteiger partial charge is 0.225 e. The molecule has 1 N–H and O–H groups in total. The van der Waals surface area contributed by atoms with Crippen LogP contribution in [0.4, 0.5) is 10.1 Å². The second-order valence-electron chi connectivity index (χ2n) is 5.33. The van der Waals surface area contributed by atoms with Crippen LogP contribution in [0.5, 0.6) is 0 Å². The minimum atomic E-state index is -0.262. The van der Waals surface area contributed by atoms with E-state index in [0.29, 0.717) is 22.8 Å². The van der Waals surface area contributed by atoms with Gasteiger partial charge in [0.1, 0.15) is 12.1 Å². The minimum absolute atomic E-state index is 0.113. The number of benzene rings is 2. The Bertz CT molecular complexity index is 869. The minimum Gasteiger partial charge on any atom is -0.326 e. The third kappa shape index (κ3) is 4.42. The fourth-order valence-corrected chi connectivity index (χ4v) is 3.19. The number of carbonyl (C=O) groups excluding carboxylic acids is 1. The summed E-state index contributed by atoms with van der Waals surface area (Å²) in [6, 6.07) is 12.0. The van der Waals surface area contributed by atoms with Crippen LogP contribution in [0.25, 0.3) is 5.69 Å². The highest BCUT2D eigenvalue weighted by molar-refractivity contribution is 7.99. The third-order valence-corrected chi connectivity index (χ3v) is 4.55. The van der Waals surface area contributed by atoms with Gasteiger partial charge in [-0.3, -0.25) is 4.79 Å². The predicted octanol–water partition coefficient (Wildman–Crippen LogP) is 3.23. The summed E-state index contributed by atoms with van der Waals surface area (Å²) >= 11 is 1.33. The molecule has 0 fully saturated rings. The first-order valence-electron chi connectivity index (χ1n) is 7.64. The summed E-state index contributed by atoms with van der Waals surface area (Å²) in [7, 11) is 0. The Morgan fingerprint density at radius 1 is 1.28 bits per heavy atom. The molecule has 3 aromatic rings. The molecule has 1 heterocycles. The fraction of sp³-hybridized carbons (Fsp3) is 0.176. The largest absolute Gasteiger partial charge is 0.326 e. The molecule has 3 rings (SSSR count). The zero-order chi connectivity index (χ0) is 17.6. The summed E-state index contributed by atoms with van der Waals surface area (Å²) in [6.45, 7) is 1.92. The molecule has 0 unspecified atom stereocenters. The SMILES string of the molecule is Cc1cc(NC(=O)CCSc2ccccc2F)ccc1-n1cnnn1.